The maximum Gasteiger partial charge on any atom is 0.229 e. The summed E-state index contributed by atoms with van der Waals surface area (Å²) < 4.78 is 6.35. The number of carbonyl (C=O) groups is 1. The lowest BCUT2D eigenvalue weighted by atomic mass is 10.1. The molecule has 0 aliphatic heterocycles. The number of hydrogen-bond donors (Lipinski definition) is 0. The first kappa shape index (κ1) is 22.3. The zero-order valence-corrected chi connectivity index (χ0v) is 20.0. The fraction of sp³-hybridized carbons (Fsp3) is 0.240. The Morgan fingerprint density at radius 2 is 1.75 bits per heavy atom. The van der Waals surface area contributed by atoms with Crippen LogP contribution in [0.2, 0.25) is 0 Å². The van der Waals surface area contributed by atoms with Crippen LogP contribution in [0.15, 0.2) is 65.8 Å². The molecule has 0 N–H and O–H groups in total. The van der Waals surface area contributed by atoms with Crippen molar-refractivity contribution < 1.29 is 9.53 Å². The average Bonchev–Trinajstić information content (AvgIpc) is 3.27. The molecule has 0 fully saturated rings. The minimum absolute atomic E-state index is 0.0668. The van der Waals surface area contributed by atoms with Crippen molar-refractivity contribution >= 4 is 44.4 Å². The average molecular weight is 464 g/mol. The van der Waals surface area contributed by atoms with Crippen LogP contribution in [0, 0.1) is 13.8 Å². The molecular weight excluding hydrogens is 438 g/mol. The van der Waals surface area contributed by atoms with Crippen LogP contribution < -0.4 is 9.64 Å². The molecule has 0 saturated carbocycles. The summed E-state index contributed by atoms with van der Waals surface area (Å²) in [7, 11) is 1.66. The van der Waals surface area contributed by atoms with Crippen LogP contribution >= 0.6 is 23.1 Å². The highest BCUT2D eigenvalue weighted by atomic mass is 32.2. The van der Waals surface area contributed by atoms with Crippen molar-refractivity contribution in [2.24, 2.45) is 0 Å². The monoisotopic (exact) mass is 463 g/mol. The van der Waals surface area contributed by atoms with Gasteiger partial charge in [-0.05, 0) is 66.9 Å². The van der Waals surface area contributed by atoms with Crippen molar-refractivity contribution in [2.45, 2.75) is 31.7 Å². The number of ether oxygens (including phenoxy) is 1. The van der Waals surface area contributed by atoms with Crippen LogP contribution in [-0.4, -0.2) is 28.7 Å². The Bertz CT molecular complexity index is 1170. The van der Waals surface area contributed by atoms with Crippen molar-refractivity contribution in [1.82, 2.24) is 9.97 Å². The number of nitrogens with zero attached hydrogens (tertiary/aromatic N) is 3. The zero-order chi connectivity index (χ0) is 22.5. The second kappa shape index (κ2) is 10.1. The molecule has 0 aliphatic rings. The second-order valence-electron chi connectivity index (χ2n) is 7.48. The van der Waals surface area contributed by atoms with Gasteiger partial charge in [-0.15, -0.1) is 11.8 Å². The molecule has 0 bridgehead atoms. The first-order valence-electron chi connectivity index (χ1n) is 10.4. The van der Waals surface area contributed by atoms with Crippen molar-refractivity contribution in [2.75, 3.05) is 17.8 Å². The lowest BCUT2D eigenvalue weighted by molar-refractivity contribution is -0.118. The lowest BCUT2D eigenvalue weighted by Crippen LogP contribution is -2.30. The number of thiazole rings is 1. The lowest BCUT2D eigenvalue weighted by Gasteiger charge is -2.20. The molecular formula is C25H25N3O2S2. The van der Waals surface area contributed by atoms with E-state index in [1.165, 1.54) is 5.56 Å². The number of aromatic nitrogens is 2. The van der Waals surface area contributed by atoms with E-state index in [0.717, 1.165) is 37.1 Å². The molecule has 0 aliphatic carbocycles. The summed E-state index contributed by atoms with van der Waals surface area (Å²) in [5.41, 5.74) is 4.31. The number of aryl methyl sites for hydroxylation is 2. The molecule has 4 rings (SSSR count). The van der Waals surface area contributed by atoms with Gasteiger partial charge in [-0.1, -0.05) is 23.5 Å². The molecule has 164 valence electrons. The Balaban J connectivity index is 1.54. The van der Waals surface area contributed by atoms with E-state index in [9.17, 15) is 4.79 Å². The van der Waals surface area contributed by atoms with Crippen LogP contribution in [-0.2, 0) is 11.3 Å². The number of hydrogen-bond acceptors (Lipinski definition) is 6. The van der Waals surface area contributed by atoms with Crippen molar-refractivity contribution in [1.29, 1.82) is 0 Å². The van der Waals surface area contributed by atoms with Gasteiger partial charge in [0.1, 0.15) is 5.75 Å². The van der Waals surface area contributed by atoms with Crippen LogP contribution in [0.25, 0.3) is 10.2 Å². The van der Waals surface area contributed by atoms with Gasteiger partial charge in [-0.25, -0.2) is 4.98 Å². The molecule has 2 aromatic carbocycles. The van der Waals surface area contributed by atoms with E-state index in [1.807, 2.05) is 41.3 Å². The molecule has 0 saturated heterocycles. The normalized spacial score (nSPS) is 11.0. The Kier molecular flexibility index (Phi) is 7.07. The molecule has 2 heterocycles. The van der Waals surface area contributed by atoms with Crippen LogP contribution in [0.4, 0.5) is 5.13 Å². The van der Waals surface area contributed by atoms with Crippen molar-refractivity contribution in [3.63, 3.8) is 0 Å². The number of amides is 1. The highest BCUT2D eigenvalue weighted by Crippen LogP contribution is 2.34. The van der Waals surface area contributed by atoms with Gasteiger partial charge < -0.3 is 4.74 Å². The predicted molar refractivity (Wildman–Crippen MR) is 133 cm³/mol. The topological polar surface area (TPSA) is 55.3 Å². The van der Waals surface area contributed by atoms with Gasteiger partial charge in [-0.2, -0.15) is 0 Å². The van der Waals surface area contributed by atoms with E-state index in [2.05, 4.69) is 31.0 Å². The van der Waals surface area contributed by atoms with Gasteiger partial charge in [-0.3, -0.25) is 14.7 Å². The Labute approximate surface area is 196 Å². The second-order valence-corrected chi connectivity index (χ2v) is 9.63. The predicted octanol–water partition coefficient (Wildman–Crippen LogP) is 6.03. The number of carbonyl (C=O) groups excluding carboxylic acids is 1. The van der Waals surface area contributed by atoms with Gasteiger partial charge in [0, 0.05) is 29.5 Å². The Morgan fingerprint density at radius 1 is 1.03 bits per heavy atom. The molecule has 1 amide bonds. The molecule has 5 nitrogen and oxygen atoms in total. The maximum atomic E-state index is 13.3. The third kappa shape index (κ3) is 5.11. The summed E-state index contributed by atoms with van der Waals surface area (Å²) in [5, 5.41) is 0.744. The minimum Gasteiger partial charge on any atom is -0.497 e. The van der Waals surface area contributed by atoms with Crippen LogP contribution in [0.3, 0.4) is 0 Å². The maximum absolute atomic E-state index is 13.3. The number of pyridine rings is 1. The first-order chi connectivity index (χ1) is 15.5. The summed E-state index contributed by atoms with van der Waals surface area (Å²) >= 11 is 3.25. The quantitative estimate of drug-likeness (QED) is 0.299. The summed E-state index contributed by atoms with van der Waals surface area (Å²) in [5.74, 6) is 1.59. The van der Waals surface area contributed by atoms with Gasteiger partial charge in [0.25, 0.3) is 0 Å². The van der Waals surface area contributed by atoms with Crippen LogP contribution in [0.1, 0.15) is 23.1 Å². The SMILES string of the molecule is COc1ccc(SCCC(=O)N(Cc2ccncc2)c2nc3c(C)ccc(C)c3s2)cc1. The molecule has 0 unspecified atom stereocenters. The van der Waals surface area contributed by atoms with E-state index in [4.69, 9.17) is 9.72 Å². The largest absolute Gasteiger partial charge is 0.497 e. The molecule has 4 aromatic rings. The van der Waals surface area contributed by atoms with E-state index in [1.54, 1.807) is 42.6 Å². The summed E-state index contributed by atoms with van der Waals surface area (Å²) in [6.07, 6.45) is 3.93. The highest BCUT2D eigenvalue weighted by molar-refractivity contribution is 7.99. The number of thioether (sulfide) groups is 1. The van der Waals surface area contributed by atoms with Crippen molar-refractivity contribution in [3.05, 3.63) is 77.6 Å². The molecule has 7 heteroatoms. The number of fused-ring (bicyclic) bond motifs is 1. The molecule has 0 atom stereocenters. The number of methoxy groups -OCH3 is 1. The summed E-state index contributed by atoms with van der Waals surface area (Å²) in [4.78, 5) is 25.2. The Hall–Kier alpha value is -2.90. The van der Waals surface area contributed by atoms with Gasteiger partial charge in [0.05, 0.1) is 23.9 Å². The van der Waals surface area contributed by atoms with Gasteiger partial charge >= 0.3 is 0 Å². The smallest absolute Gasteiger partial charge is 0.229 e. The van der Waals surface area contributed by atoms with E-state index in [-0.39, 0.29) is 5.91 Å². The van der Waals surface area contributed by atoms with Crippen molar-refractivity contribution in [3.8, 4) is 5.75 Å². The summed E-state index contributed by atoms with van der Waals surface area (Å²) in [6.45, 7) is 4.63. The molecule has 0 radical (unpaired) electrons. The van der Waals surface area contributed by atoms with Gasteiger partial charge in [0.15, 0.2) is 5.13 Å². The third-order valence-electron chi connectivity index (χ3n) is 5.20. The van der Waals surface area contributed by atoms with E-state index >= 15 is 0 Å². The molecule has 2 aromatic heterocycles. The summed E-state index contributed by atoms with van der Waals surface area (Å²) in [6, 6.07) is 16.0. The minimum atomic E-state index is 0.0668. The van der Waals surface area contributed by atoms with Crippen LogP contribution in [0.5, 0.6) is 5.75 Å². The Morgan fingerprint density at radius 3 is 2.44 bits per heavy atom. The highest BCUT2D eigenvalue weighted by Gasteiger charge is 2.21. The first-order valence-corrected chi connectivity index (χ1v) is 12.2. The van der Waals surface area contributed by atoms with E-state index in [0.29, 0.717) is 18.7 Å². The number of anilines is 1. The zero-order valence-electron chi connectivity index (χ0n) is 18.4. The van der Waals surface area contributed by atoms with Gasteiger partial charge in [0.2, 0.25) is 5.91 Å². The number of benzene rings is 2. The standard InChI is InChI=1S/C25H25N3O2S2/c1-17-4-5-18(2)24-23(17)27-25(32-24)28(16-19-10-13-26-14-11-19)22(29)12-15-31-21-8-6-20(30-3)7-9-21/h4-11,13-14H,12,15-16H2,1-3H3. The fourth-order valence-electron chi connectivity index (χ4n) is 3.36. The third-order valence-corrected chi connectivity index (χ3v) is 7.42. The number of rotatable bonds is 8. The molecule has 32 heavy (non-hydrogen) atoms. The fourth-order valence-corrected chi connectivity index (χ4v) is 5.33. The van der Waals surface area contributed by atoms with E-state index < -0.39 is 0 Å². The molecule has 0 spiro atoms.